The van der Waals surface area contributed by atoms with Gasteiger partial charge in [0.1, 0.15) is 0 Å². The third kappa shape index (κ3) is 19.2. The molecule has 0 fully saturated rings. The van der Waals surface area contributed by atoms with Crippen LogP contribution in [0.1, 0.15) is 117 Å². The molecule has 0 aromatic rings. The van der Waals surface area contributed by atoms with Crippen molar-refractivity contribution in [2.24, 2.45) is 0 Å². The van der Waals surface area contributed by atoms with Crippen molar-refractivity contribution in [2.45, 2.75) is 117 Å². The molecule has 0 aromatic heterocycles. The van der Waals surface area contributed by atoms with Gasteiger partial charge >= 0.3 is 23.9 Å². The third-order valence-corrected chi connectivity index (χ3v) is 4.44. The van der Waals surface area contributed by atoms with Crippen LogP contribution in [0.5, 0.6) is 0 Å². The van der Waals surface area contributed by atoms with Crippen molar-refractivity contribution < 1.29 is 38.7 Å². The Morgan fingerprint density at radius 3 is 0.900 bits per heavy atom. The van der Waals surface area contributed by atoms with Gasteiger partial charge in [0.15, 0.2) is 0 Å². The zero-order chi connectivity index (χ0) is 22.5. The first-order chi connectivity index (χ1) is 14.5. The summed E-state index contributed by atoms with van der Waals surface area (Å²) < 4.78 is 0. The van der Waals surface area contributed by atoms with E-state index in [-0.39, 0.29) is 25.7 Å². The standard InChI is InChI=1S/C22H38O8/c1-3-5-7-9-11-15-19(23)27-29-21(25)17-13-14-18-22(26)30-28-20(24)16-12-10-8-6-4-2/h3-18H2,1-2H3. The molecule has 0 saturated heterocycles. The van der Waals surface area contributed by atoms with E-state index in [1.165, 1.54) is 0 Å². The molecular weight excluding hydrogens is 392 g/mol. The lowest BCUT2D eigenvalue weighted by Gasteiger charge is -2.04. The highest BCUT2D eigenvalue weighted by Crippen LogP contribution is 2.08. The van der Waals surface area contributed by atoms with Crippen molar-refractivity contribution in [1.82, 2.24) is 0 Å². The second kappa shape index (κ2) is 20.2. The van der Waals surface area contributed by atoms with Crippen molar-refractivity contribution >= 4 is 23.9 Å². The van der Waals surface area contributed by atoms with Gasteiger partial charge in [0, 0.05) is 0 Å². The second-order valence-corrected chi connectivity index (χ2v) is 7.36. The highest BCUT2D eigenvalue weighted by molar-refractivity contribution is 5.73. The zero-order valence-electron chi connectivity index (χ0n) is 18.6. The van der Waals surface area contributed by atoms with E-state index in [1.807, 2.05) is 0 Å². The van der Waals surface area contributed by atoms with E-state index in [0.717, 1.165) is 51.4 Å². The molecule has 0 heterocycles. The predicted octanol–water partition coefficient (Wildman–Crippen LogP) is 5.27. The summed E-state index contributed by atoms with van der Waals surface area (Å²) in [5.41, 5.74) is 0. The summed E-state index contributed by atoms with van der Waals surface area (Å²) in [5, 5.41) is 0. The first kappa shape index (κ1) is 27.9. The van der Waals surface area contributed by atoms with Crippen LogP contribution in [0.25, 0.3) is 0 Å². The SMILES string of the molecule is CCCCCCCC(=O)OOC(=O)CCCCC(=O)OOC(=O)CCCCCCC. The fourth-order valence-corrected chi connectivity index (χ4v) is 2.64. The average Bonchev–Trinajstić information content (AvgIpc) is 2.73. The van der Waals surface area contributed by atoms with Crippen molar-refractivity contribution in [3.05, 3.63) is 0 Å². The molecule has 30 heavy (non-hydrogen) atoms. The van der Waals surface area contributed by atoms with Crippen LogP contribution >= 0.6 is 0 Å². The molecular formula is C22H38O8. The van der Waals surface area contributed by atoms with Gasteiger partial charge in [-0.25, -0.2) is 38.7 Å². The van der Waals surface area contributed by atoms with Crippen LogP contribution in [-0.4, -0.2) is 23.9 Å². The van der Waals surface area contributed by atoms with Gasteiger partial charge in [-0.3, -0.25) is 0 Å². The first-order valence-corrected chi connectivity index (χ1v) is 11.3. The van der Waals surface area contributed by atoms with Crippen LogP contribution in [0.2, 0.25) is 0 Å². The van der Waals surface area contributed by atoms with E-state index in [1.54, 1.807) is 0 Å². The fourth-order valence-electron chi connectivity index (χ4n) is 2.64. The summed E-state index contributed by atoms with van der Waals surface area (Å²) in [6.07, 6.45) is 11.2. The Labute approximate surface area is 179 Å². The predicted molar refractivity (Wildman–Crippen MR) is 110 cm³/mol. The molecule has 0 radical (unpaired) electrons. The molecule has 0 spiro atoms. The maximum atomic E-state index is 11.5. The van der Waals surface area contributed by atoms with Crippen molar-refractivity contribution in [2.75, 3.05) is 0 Å². The van der Waals surface area contributed by atoms with Crippen LogP contribution in [0.4, 0.5) is 0 Å². The monoisotopic (exact) mass is 430 g/mol. The Bertz CT molecular complexity index is 446. The lowest BCUT2D eigenvalue weighted by Crippen LogP contribution is -2.12. The van der Waals surface area contributed by atoms with Crippen LogP contribution in [0.15, 0.2) is 0 Å². The average molecular weight is 431 g/mol. The number of carbonyl (C=O) groups is 4. The zero-order valence-corrected chi connectivity index (χ0v) is 18.6. The Balaban J connectivity index is 3.58. The van der Waals surface area contributed by atoms with Gasteiger partial charge in [0.2, 0.25) is 0 Å². The Morgan fingerprint density at radius 1 is 0.400 bits per heavy atom. The van der Waals surface area contributed by atoms with Crippen LogP contribution in [0.3, 0.4) is 0 Å². The summed E-state index contributed by atoms with van der Waals surface area (Å²) in [6, 6.07) is 0. The van der Waals surface area contributed by atoms with Crippen molar-refractivity contribution in [3.63, 3.8) is 0 Å². The van der Waals surface area contributed by atoms with E-state index >= 15 is 0 Å². The largest absolute Gasteiger partial charge is 0.355 e. The maximum absolute atomic E-state index is 11.5. The van der Waals surface area contributed by atoms with E-state index in [0.29, 0.717) is 25.7 Å². The summed E-state index contributed by atoms with van der Waals surface area (Å²) in [4.78, 5) is 63.7. The number of carbonyl (C=O) groups excluding carboxylic acids is 4. The minimum atomic E-state index is -0.669. The van der Waals surface area contributed by atoms with E-state index in [4.69, 9.17) is 0 Å². The highest BCUT2D eigenvalue weighted by atomic mass is 17.2. The summed E-state index contributed by atoms with van der Waals surface area (Å²) in [7, 11) is 0. The number of hydrogen-bond donors (Lipinski definition) is 0. The molecule has 0 N–H and O–H groups in total. The summed E-state index contributed by atoms with van der Waals surface area (Å²) >= 11 is 0. The molecule has 0 aliphatic heterocycles. The van der Waals surface area contributed by atoms with Crippen molar-refractivity contribution in [3.8, 4) is 0 Å². The smallest absolute Gasteiger partial charge is 0.247 e. The van der Waals surface area contributed by atoms with E-state index in [9.17, 15) is 19.2 Å². The van der Waals surface area contributed by atoms with Gasteiger partial charge in [-0.2, -0.15) is 0 Å². The first-order valence-electron chi connectivity index (χ1n) is 11.3. The molecule has 0 unspecified atom stereocenters. The molecule has 174 valence electrons. The van der Waals surface area contributed by atoms with Crippen LogP contribution in [0, 0.1) is 0 Å². The maximum Gasteiger partial charge on any atom is 0.355 e. The van der Waals surface area contributed by atoms with Crippen LogP contribution < -0.4 is 0 Å². The van der Waals surface area contributed by atoms with Crippen molar-refractivity contribution in [1.29, 1.82) is 0 Å². The van der Waals surface area contributed by atoms with E-state index in [2.05, 4.69) is 33.4 Å². The fraction of sp³-hybridized carbons (Fsp3) is 0.818. The lowest BCUT2D eigenvalue weighted by atomic mass is 10.1. The quantitative estimate of drug-likeness (QED) is 0.174. The normalized spacial score (nSPS) is 10.3. The molecule has 0 aliphatic carbocycles. The molecule has 0 aromatic carbocycles. The minimum Gasteiger partial charge on any atom is -0.247 e. The van der Waals surface area contributed by atoms with Gasteiger partial charge in [-0.1, -0.05) is 65.2 Å². The summed E-state index contributed by atoms with van der Waals surface area (Å²) in [6.45, 7) is 4.23. The molecule has 8 heteroatoms. The molecule has 8 nitrogen and oxygen atoms in total. The molecule has 0 aliphatic rings. The molecule has 0 rings (SSSR count). The number of rotatable bonds is 17. The third-order valence-electron chi connectivity index (χ3n) is 4.44. The van der Waals surface area contributed by atoms with Gasteiger partial charge in [-0.15, -0.1) is 0 Å². The minimum absolute atomic E-state index is 0.00854. The van der Waals surface area contributed by atoms with Gasteiger partial charge in [0.05, 0.1) is 25.7 Å². The number of hydrogen-bond acceptors (Lipinski definition) is 8. The topological polar surface area (TPSA) is 105 Å². The Hall–Kier alpha value is -2.12. The molecule has 0 bridgehead atoms. The van der Waals surface area contributed by atoms with Gasteiger partial charge in [0.25, 0.3) is 0 Å². The molecule has 0 atom stereocenters. The van der Waals surface area contributed by atoms with E-state index < -0.39 is 23.9 Å². The molecule has 0 saturated carbocycles. The highest BCUT2D eigenvalue weighted by Gasteiger charge is 2.12. The van der Waals surface area contributed by atoms with Gasteiger partial charge < -0.3 is 0 Å². The van der Waals surface area contributed by atoms with Crippen LogP contribution in [-0.2, 0) is 38.7 Å². The summed E-state index contributed by atoms with van der Waals surface area (Å²) in [5.74, 6) is -2.46. The lowest BCUT2D eigenvalue weighted by molar-refractivity contribution is -0.260. The second-order valence-electron chi connectivity index (χ2n) is 7.36. The van der Waals surface area contributed by atoms with Gasteiger partial charge in [-0.05, 0) is 25.7 Å². The molecule has 0 amide bonds. The Morgan fingerprint density at radius 2 is 0.633 bits per heavy atom. The number of unbranched alkanes of at least 4 members (excludes halogenated alkanes) is 9. The Kier molecular flexibility index (Phi) is 18.7.